The second kappa shape index (κ2) is 7.02. The van der Waals surface area contributed by atoms with E-state index < -0.39 is 6.04 Å². The summed E-state index contributed by atoms with van der Waals surface area (Å²) in [6, 6.07) is 5.56. The Morgan fingerprint density at radius 3 is 2.80 bits per heavy atom. The van der Waals surface area contributed by atoms with Gasteiger partial charge in [0.15, 0.2) is 5.13 Å². The molecule has 0 fully saturated rings. The molecule has 1 amide bonds. The molecule has 0 aliphatic rings. The molecule has 110 valence electrons. The van der Waals surface area contributed by atoms with Gasteiger partial charge in [-0.25, -0.2) is 4.98 Å². The average molecular weight is 314 g/mol. The molecule has 0 bridgehead atoms. The first-order chi connectivity index (χ1) is 8.95. The maximum Gasteiger partial charge on any atom is 0.243 e. The summed E-state index contributed by atoms with van der Waals surface area (Å²) >= 11 is 1.48. The summed E-state index contributed by atoms with van der Waals surface area (Å²) in [6.07, 6.45) is 0.676. The van der Waals surface area contributed by atoms with Crippen LogP contribution in [0.25, 0.3) is 10.2 Å². The highest BCUT2D eigenvalue weighted by Crippen LogP contribution is 2.26. The molecule has 2 rings (SSSR count). The van der Waals surface area contributed by atoms with E-state index in [1.54, 1.807) is 0 Å². The number of rotatable bonds is 4. The first-order valence-electron chi connectivity index (χ1n) is 6.39. The number of hydrogen-bond acceptors (Lipinski definition) is 4. The molecule has 0 aliphatic heterocycles. The fraction of sp³-hybridized carbons (Fsp3) is 0.429. The van der Waals surface area contributed by atoms with E-state index in [0.717, 1.165) is 10.2 Å². The number of nitrogens with zero attached hydrogens (tertiary/aromatic N) is 1. The molecule has 4 nitrogen and oxygen atoms in total. The van der Waals surface area contributed by atoms with Gasteiger partial charge in [-0.2, -0.15) is 0 Å². The standard InChI is InChI=1S/C14H19N3OS.ClH/c1-8(2)6-10(15)13(18)17-14-16-11-5-4-9(3)7-12(11)19-14;/h4-5,7-8,10H,6,15H2,1-3H3,(H,16,17,18);1H/t10-;/m0./s1. The van der Waals surface area contributed by atoms with Gasteiger partial charge in [0.1, 0.15) is 0 Å². The van der Waals surface area contributed by atoms with Crippen LogP contribution >= 0.6 is 23.7 Å². The molecule has 0 saturated carbocycles. The third kappa shape index (κ3) is 4.16. The maximum atomic E-state index is 11.9. The van der Waals surface area contributed by atoms with Crippen LogP contribution in [0.2, 0.25) is 0 Å². The van der Waals surface area contributed by atoms with Gasteiger partial charge < -0.3 is 11.1 Å². The number of halogens is 1. The number of thiazole rings is 1. The molecule has 1 heterocycles. The molecule has 0 radical (unpaired) electrons. The quantitative estimate of drug-likeness (QED) is 0.909. The number of carbonyl (C=O) groups excluding carboxylic acids is 1. The van der Waals surface area contributed by atoms with Gasteiger partial charge in [0.05, 0.1) is 16.3 Å². The van der Waals surface area contributed by atoms with Gasteiger partial charge in [0.2, 0.25) is 5.91 Å². The minimum atomic E-state index is -0.478. The molecule has 1 aromatic carbocycles. The van der Waals surface area contributed by atoms with Crippen LogP contribution in [0.1, 0.15) is 25.8 Å². The number of aromatic nitrogens is 1. The van der Waals surface area contributed by atoms with Crippen LogP contribution in [-0.4, -0.2) is 16.9 Å². The molecule has 6 heteroatoms. The predicted octanol–water partition coefficient (Wildman–Crippen LogP) is 3.34. The summed E-state index contributed by atoms with van der Waals surface area (Å²) in [5.74, 6) is 0.239. The van der Waals surface area contributed by atoms with Crippen molar-refractivity contribution in [3.63, 3.8) is 0 Å². The SMILES string of the molecule is Cc1ccc2nc(NC(=O)[C@@H](N)CC(C)C)sc2c1.Cl. The fourth-order valence-electron chi connectivity index (χ4n) is 1.90. The molecule has 1 aromatic heterocycles. The second-order valence-corrected chi connectivity index (χ2v) is 6.25. The van der Waals surface area contributed by atoms with Crippen molar-refractivity contribution in [2.75, 3.05) is 5.32 Å². The Bertz CT molecular complexity index is 597. The summed E-state index contributed by atoms with van der Waals surface area (Å²) in [6.45, 7) is 6.14. The number of benzene rings is 1. The topological polar surface area (TPSA) is 68.0 Å². The van der Waals surface area contributed by atoms with E-state index in [0.29, 0.717) is 17.5 Å². The van der Waals surface area contributed by atoms with Crippen LogP contribution in [0.4, 0.5) is 5.13 Å². The number of anilines is 1. The van der Waals surface area contributed by atoms with Crippen LogP contribution in [0.15, 0.2) is 18.2 Å². The zero-order valence-corrected chi connectivity index (χ0v) is 13.5. The smallest absolute Gasteiger partial charge is 0.243 e. The summed E-state index contributed by atoms with van der Waals surface area (Å²) in [5.41, 5.74) is 7.94. The number of fused-ring (bicyclic) bond motifs is 1. The summed E-state index contributed by atoms with van der Waals surface area (Å²) < 4.78 is 1.08. The molecule has 0 saturated heterocycles. The number of hydrogen-bond donors (Lipinski definition) is 2. The highest BCUT2D eigenvalue weighted by Gasteiger charge is 2.16. The van der Waals surface area contributed by atoms with Crippen LogP contribution in [0.5, 0.6) is 0 Å². The van der Waals surface area contributed by atoms with Crippen LogP contribution in [0, 0.1) is 12.8 Å². The van der Waals surface area contributed by atoms with E-state index in [2.05, 4.69) is 16.4 Å². The van der Waals surface area contributed by atoms with E-state index in [9.17, 15) is 4.79 Å². The number of aryl methyl sites for hydroxylation is 1. The predicted molar refractivity (Wildman–Crippen MR) is 87.7 cm³/mol. The van der Waals surface area contributed by atoms with E-state index in [1.807, 2.05) is 32.9 Å². The monoisotopic (exact) mass is 313 g/mol. The first-order valence-corrected chi connectivity index (χ1v) is 7.21. The normalized spacial score (nSPS) is 12.2. The third-order valence-electron chi connectivity index (χ3n) is 2.84. The van der Waals surface area contributed by atoms with Gasteiger partial charge in [-0.05, 0) is 37.0 Å². The van der Waals surface area contributed by atoms with Gasteiger partial charge in [-0.3, -0.25) is 4.79 Å². The van der Waals surface area contributed by atoms with Crippen molar-refractivity contribution >= 4 is 45.0 Å². The van der Waals surface area contributed by atoms with Crippen molar-refractivity contribution in [3.8, 4) is 0 Å². The first kappa shape index (κ1) is 16.9. The lowest BCUT2D eigenvalue weighted by molar-refractivity contribution is -0.117. The lowest BCUT2D eigenvalue weighted by Gasteiger charge is -2.12. The third-order valence-corrected chi connectivity index (χ3v) is 3.77. The molecule has 20 heavy (non-hydrogen) atoms. The fourth-order valence-corrected chi connectivity index (χ4v) is 2.87. The molecule has 2 aromatic rings. The number of carbonyl (C=O) groups is 1. The van der Waals surface area contributed by atoms with E-state index >= 15 is 0 Å². The number of nitrogens with two attached hydrogens (primary N) is 1. The number of amides is 1. The Morgan fingerprint density at radius 2 is 2.15 bits per heavy atom. The van der Waals surface area contributed by atoms with Crippen LogP contribution in [-0.2, 0) is 4.79 Å². The highest BCUT2D eigenvalue weighted by molar-refractivity contribution is 7.22. The van der Waals surface area contributed by atoms with Crippen molar-refractivity contribution in [1.29, 1.82) is 0 Å². The number of nitrogens with one attached hydrogen (secondary N) is 1. The summed E-state index contributed by atoms with van der Waals surface area (Å²) in [5, 5.41) is 3.41. The lowest BCUT2D eigenvalue weighted by Crippen LogP contribution is -2.36. The van der Waals surface area contributed by atoms with Crippen molar-refractivity contribution in [1.82, 2.24) is 4.98 Å². The van der Waals surface area contributed by atoms with Crippen molar-refractivity contribution in [2.24, 2.45) is 11.7 Å². The Labute approximate surface area is 129 Å². The molecular formula is C14H20ClN3OS. The largest absolute Gasteiger partial charge is 0.320 e. The van der Waals surface area contributed by atoms with Crippen molar-refractivity contribution in [3.05, 3.63) is 23.8 Å². The summed E-state index contributed by atoms with van der Waals surface area (Å²) in [4.78, 5) is 16.3. The van der Waals surface area contributed by atoms with Gasteiger partial charge in [0, 0.05) is 0 Å². The Balaban J connectivity index is 0.00000200. The Morgan fingerprint density at radius 1 is 1.45 bits per heavy atom. The highest BCUT2D eigenvalue weighted by atomic mass is 35.5. The van der Waals surface area contributed by atoms with Gasteiger partial charge in [0.25, 0.3) is 0 Å². The minimum absolute atomic E-state index is 0. The second-order valence-electron chi connectivity index (χ2n) is 5.22. The minimum Gasteiger partial charge on any atom is -0.320 e. The Kier molecular flexibility index (Phi) is 5.92. The van der Waals surface area contributed by atoms with Crippen LogP contribution < -0.4 is 11.1 Å². The molecule has 0 aliphatic carbocycles. The van der Waals surface area contributed by atoms with Gasteiger partial charge >= 0.3 is 0 Å². The molecule has 0 unspecified atom stereocenters. The molecule has 0 spiro atoms. The average Bonchev–Trinajstić information content (AvgIpc) is 2.69. The lowest BCUT2D eigenvalue weighted by atomic mass is 10.0. The maximum absolute atomic E-state index is 11.9. The zero-order valence-electron chi connectivity index (χ0n) is 11.8. The van der Waals surface area contributed by atoms with E-state index in [1.165, 1.54) is 16.9 Å². The van der Waals surface area contributed by atoms with Crippen molar-refractivity contribution < 1.29 is 4.79 Å². The van der Waals surface area contributed by atoms with Gasteiger partial charge in [-0.1, -0.05) is 31.3 Å². The zero-order chi connectivity index (χ0) is 14.0. The van der Waals surface area contributed by atoms with Gasteiger partial charge in [-0.15, -0.1) is 12.4 Å². The van der Waals surface area contributed by atoms with E-state index in [4.69, 9.17) is 5.73 Å². The van der Waals surface area contributed by atoms with E-state index in [-0.39, 0.29) is 18.3 Å². The summed E-state index contributed by atoms with van der Waals surface area (Å²) in [7, 11) is 0. The molecule has 3 N–H and O–H groups in total. The molecular weight excluding hydrogens is 294 g/mol. The molecule has 1 atom stereocenters. The van der Waals surface area contributed by atoms with Crippen LogP contribution in [0.3, 0.4) is 0 Å². The Hall–Kier alpha value is -1.17. The van der Waals surface area contributed by atoms with Crippen molar-refractivity contribution in [2.45, 2.75) is 33.2 Å².